The minimum absolute atomic E-state index is 0.353. The van der Waals surface area contributed by atoms with Crippen molar-refractivity contribution in [2.45, 2.75) is 71.1 Å². The third-order valence-corrected chi connectivity index (χ3v) is 4.93. The van der Waals surface area contributed by atoms with E-state index in [0.29, 0.717) is 5.41 Å². The highest BCUT2D eigenvalue weighted by Gasteiger charge is 2.29. The van der Waals surface area contributed by atoms with E-state index in [-0.39, 0.29) is 0 Å². The molecule has 0 aliphatic heterocycles. The van der Waals surface area contributed by atoms with Crippen molar-refractivity contribution in [2.24, 2.45) is 4.99 Å². The number of benzene rings is 1. The monoisotopic (exact) mass is 287 g/mol. The van der Waals surface area contributed by atoms with Gasteiger partial charge in [0.15, 0.2) is 0 Å². The molecular formula is C18H25NS. The summed E-state index contributed by atoms with van der Waals surface area (Å²) in [4.78, 5) is 4.32. The van der Waals surface area contributed by atoms with Crippen molar-refractivity contribution in [2.75, 3.05) is 0 Å². The van der Waals surface area contributed by atoms with Crippen molar-refractivity contribution in [3.8, 4) is 0 Å². The molecule has 0 spiro atoms. The maximum atomic E-state index is 4.81. The molecular weight excluding hydrogens is 262 g/mol. The van der Waals surface area contributed by atoms with Crippen LogP contribution in [0.4, 0.5) is 5.69 Å². The van der Waals surface area contributed by atoms with Crippen molar-refractivity contribution in [3.63, 3.8) is 0 Å². The van der Waals surface area contributed by atoms with Crippen molar-refractivity contribution < 1.29 is 0 Å². The maximum Gasteiger partial charge on any atom is 0.0803 e. The fourth-order valence-electron chi connectivity index (χ4n) is 3.46. The standard InChI is InChI=1S/C18H25NS/c1-4-14-11-16(18(3)9-7-6-8-10-18)12-15(5-2)17(14)19-13-20/h11-12H,4-10H2,1-3H3. The second-order valence-electron chi connectivity index (χ2n) is 6.17. The molecule has 1 aromatic rings. The van der Waals surface area contributed by atoms with E-state index >= 15 is 0 Å². The molecule has 1 aliphatic carbocycles. The molecule has 0 amide bonds. The van der Waals surface area contributed by atoms with Crippen molar-refractivity contribution in [3.05, 3.63) is 28.8 Å². The van der Waals surface area contributed by atoms with E-state index in [1.54, 1.807) is 0 Å². The van der Waals surface area contributed by atoms with Crippen LogP contribution in [0, 0.1) is 0 Å². The Balaban J connectivity index is 2.52. The summed E-state index contributed by atoms with van der Waals surface area (Å²) in [5.41, 5.74) is 5.57. The summed E-state index contributed by atoms with van der Waals surface area (Å²) in [7, 11) is 0. The number of isothiocyanates is 1. The average molecular weight is 287 g/mol. The number of rotatable bonds is 4. The van der Waals surface area contributed by atoms with Gasteiger partial charge < -0.3 is 0 Å². The average Bonchev–Trinajstić information content (AvgIpc) is 2.48. The van der Waals surface area contributed by atoms with E-state index in [1.165, 1.54) is 48.8 Å². The number of hydrogen-bond donors (Lipinski definition) is 0. The number of aryl methyl sites for hydroxylation is 2. The predicted molar refractivity (Wildman–Crippen MR) is 90.3 cm³/mol. The van der Waals surface area contributed by atoms with Crippen LogP contribution in [0.15, 0.2) is 17.1 Å². The molecule has 2 rings (SSSR count). The summed E-state index contributed by atoms with van der Waals surface area (Å²) >= 11 is 4.81. The number of hydrogen-bond acceptors (Lipinski definition) is 2. The Morgan fingerprint density at radius 1 is 1.10 bits per heavy atom. The lowest BCUT2D eigenvalue weighted by Gasteiger charge is -2.35. The van der Waals surface area contributed by atoms with E-state index in [9.17, 15) is 0 Å². The second kappa shape index (κ2) is 6.65. The van der Waals surface area contributed by atoms with E-state index in [2.05, 4.69) is 43.1 Å². The normalized spacial score (nSPS) is 17.6. The Kier molecular flexibility index (Phi) is 5.12. The van der Waals surface area contributed by atoms with E-state index in [1.807, 2.05) is 0 Å². The topological polar surface area (TPSA) is 12.4 Å². The lowest BCUT2D eigenvalue weighted by Crippen LogP contribution is -2.25. The Bertz CT molecular complexity index is 495. The van der Waals surface area contributed by atoms with Crippen LogP contribution in [0.25, 0.3) is 0 Å². The van der Waals surface area contributed by atoms with Gasteiger partial charge in [0.1, 0.15) is 0 Å². The largest absolute Gasteiger partial charge is 0.194 e. The molecule has 0 bridgehead atoms. The van der Waals surface area contributed by atoms with E-state index in [0.717, 1.165) is 18.5 Å². The highest BCUT2D eigenvalue weighted by Crippen LogP contribution is 2.41. The van der Waals surface area contributed by atoms with Gasteiger partial charge in [-0.25, -0.2) is 0 Å². The number of aliphatic imine (C=N–C) groups is 1. The molecule has 1 saturated carbocycles. The van der Waals surface area contributed by atoms with Crippen LogP contribution in [-0.2, 0) is 18.3 Å². The maximum absolute atomic E-state index is 4.81. The molecule has 1 fully saturated rings. The van der Waals surface area contributed by atoms with Gasteiger partial charge in [0.25, 0.3) is 0 Å². The molecule has 0 radical (unpaired) electrons. The van der Waals surface area contributed by atoms with Crippen LogP contribution in [0.5, 0.6) is 0 Å². The molecule has 0 N–H and O–H groups in total. The van der Waals surface area contributed by atoms with Crippen molar-refractivity contribution in [1.82, 2.24) is 0 Å². The van der Waals surface area contributed by atoms with Gasteiger partial charge in [-0.1, -0.05) is 52.2 Å². The molecule has 1 aliphatic rings. The zero-order valence-electron chi connectivity index (χ0n) is 13.0. The zero-order valence-corrected chi connectivity index (χ0v) is 13.8. The van der Waals surface area contributed by atoms with Crippen LogP contribution in [-0.4, -0.2) is 5.16 Å². The quantitative estimate of drug-likeness (QED) is 0.506. The molecule has 1 aromatic carbocycles. The SMILES string of the molecule is CCc1cc(C2(C)CCCCC2)cc(CC)c1N=C=S. The molecule has 108 valence electrons. The first-order chi connectivity index (χ1) is 9.64. The number of thiocarbonyl (C=S) groups is 1. The summed E-state index contributed by atoms with van der Waals surface area (Å²) in [6.07, 6.45) is 8.76. The fraction of sp³-hybridized carbons (Fsp3) is 0.611. The predicted octanol–water partition coefficient (Wildman–Crippen LogP) is 5.77. The lowest BCUT2D eigenvalue weighted by atomic mass is 9.70. The smallest absolute Gasteiger partial charge is 0.0803 e. The summed E-state index contributed by atoms with van der Waals surface area (Å²) in [6, 6.07) is 4.74. The van der Waals surface area contributed by atoms with E-state index in [4.69, 9.17) is 12.2 Å². The minimum atomic E-state index is 0.353. The Morgan fingerprint density at radius 2 is 1.65 bits per heavy atom. The summed E-state index contributed by atoms with van der Waals surface area (Å²) < 4.78 is 0. The lowest BCUT2D eigenvalue weighted by molar-refractivity contribution is 0.319. The van der Waals surface area contributed by atoms with Crippen LogP contribution in [0.2, 0.25) is 0 Å². The highest BCUT2D eigenvalue weighted by atomic mass is 32.1. The Labute approximate surface area is 128 Å². The van der Waals surface area contributed by atoms with Gasteiger partial charge in [-0.05, 0) is 60.0 Å². The minimum Gasteiger partial charge on any atom is -0.194 e. The van der Waals surface area contributed by atoms with Crippen LogP contribution < -0.4 is 0 Å². The van der Waals surface area contributed by atoms with Crippen molar-refractivity contribution in [1.29, 1.82) is 0 Å². The molecule has 0 aromatic heterocycles. The first-order valence-corrected chi connectivity index (χ1v) is 8.29. The Morgan fingerprint density at radius 3 is 2.10 bits per heavy atom. The van der Waals surface area contributed by atoms with Gasteiger partial charge in [-0.3, -0.25) is 0 Å². The van der Waals surface area contributed by atoms with Gasteiger partial charge in [0.2, 0.25) is 0 Å². The highest BCUT2D eigenvalue weighted by molar-refractivity contribution is 7.78. The van der Waals surface area contributed by atoms with Gasteiger partial charge in [0.05, 0.1) is 10.8 Å². The Hall–Kier alpha value is -0.980. The van der Waals surface area contributed by atoms with Crippen molar-refractivity contribution >= 4 is 23.1 Å². The summed E-state index contributed by atoms with van der Waals surface area (Å²) in [5, 5.41) is 2.55. The van der Waals surface area contributed by atoms with Crippen LogP contribution in [0.1, 0.15) is 69.6 Å². The molecule has 0 heterocycles. The summed E-state index contributed by atoms with van der Waals surface area (Å²) in [5.74, 6) is 0. The molecule has 0 saturated heterocycles. The molecule has 2 heteroatoms. The molecule has 0 atom stereocenters. The van der Waals surface area contributed by atoms with Gasteiger partial charge in [-0.15, -0.1) is 0 Å². The molecule has 0 unspecified atom stereocenters. The fourth-order valence-corrected chi connectivity index (χ4v) is 3.55. The third-order valence-electron chi connectivity index (χ3n) is 4.84. The van der Waals surface area contributed by atoms with Crippen LogP contribution in [0.3, 0.4) is 0 Å². The first kappa shape index (κ1) is 15.4. The number of nitrogens with zero attached hydrogens (tertiary/aromatic N) is 1. The van der Waals surface area contributed by atoms with E-state index < -0.39 is 0 Å². The molecule has 20 heavy (non-hydrogen) atoms. The van der Waals surface area contributed by atoms with Gasteiger partial charge >= 0.3 is 0 Å². The van der Waals surface area contributed by atoms with Crippen LogP contribution >= 0.6 is 12.2 Å². The summed E-state index contributed by atoms with van der Waals surface area (Å²) in [6.45, 7) is 6.83. The molecule has 1 nitrogen and oxygen atoms in total. The second-order valence-corrected chi connectivity index (χ2v) is 6.36. The van der Waals surface area contributed by atoms with Gasteiger partial charge in [0, 0.05) is 0 Å². The van der Waals surface area contributed by atoms with Gasteiger partial charge in [-0.2, -0.15) is 4.99 Å². The first-order valence-electron chi connectivity index (χ1n) is 7.88. The third kappa shape index (κ3) is 3.02. The zero-order chi connectivity index (χ0) is 14.6.